The minimum absolute atomic E-state index is 0.0200. The van der Waals surface area contributed by atoms with E-state index in [1.165, 1.54) is 11.7 Å². The van der Waals surface area contributed by atoms with Crippen LogP contribution in [-0.4, -0.2) is 46.3 Å². The van der Waals surface area contributed by atoms with Crippen LogP contribution < -0.4 is 10.9 Å². The fourth-order valence-electron chi connectivity index (χ4n) is 2.30. The first-order chi connectivity index (χ1) is 11.5. The number of methoxy groups -OCH3 is 1. The highest BCUT2D eigenvalue weighted by Crippen LogP contribution is 2.08. The Morgan fingerprint density at radius 2 is 2.08 bits per heavy atom. The number of nitrogens with one attached hydrogen (secondary N) is 1. The third kappa shape index (κ3) is 3.77. The molecule has 24 heavy (non-hydrogen) atoms. The van der Waals surface area contributed by atoms with Crippen molar-refractivity contribution in [2.45, 2.75) is 18.9 Å². The fraction of sp³-hybridized carbons (Fsp3) is 0.375. The number of carbonyl (C=O) groups is 2. The highest BCUT2D eigenvalue weighted by atomic mass is 16.5. The third-order valence-corrected chi connectivity index (χ3v) is 3.65. The molecule has 1 aromatic heterocycles. The van der Waals surface area contributed by atoms with Crippen LogP contribution >= 0.6 is 0 Å². The molecule has 0 bridgehead atoms. The number of amides is 1. The van der Waals surface area contributed by atoms with Gasteiger partial charge in [-0.3, -0.25) is 14.2 Å². The van der Waals surface area contributed by atoms with Gasteiger partial charge < -0.3 is 15.2 Å². The van der Waals surface area contributed by atoms with Gasteiger partial charge in [0.05, 0.1) is 24.6 Å². The van der Waals surface area contributed by atoms with Crippen molar-refractivity contribution in [2.75, 3.05) is 13.7 Å². The maximum absolute atomic E-state index is 12.3. The van der Waals surface area contributed by atoms with E-state index in [1.807, 2.05) is 0 Å². The number of aromatic nitrogens is 2. The summed E-state index contributed by atoms with van der Waals surface area (Å²) in [6.07, 6.45) is 0.244. The standard InChI is InChI=1S/C16H19N3O5/c1-19-13(17-11-6-4-3-5-10(11)15(19)22)7-8-14(21)18-12(9-20)16(23)24-2/h3-6,12,20H,7-9H2,1-2H3,(H,18,21)/t12-/m0/s1. The SMILES string of the molecule is COC(=O)[C@H](CO)NC(=O)CCc1nc2ccccc2c(=O)n1C. The van der Waals surface area contributed by atoms with E-state index in [0.717, 1.165) is 0 Å². The molecule has 1 heterocycles. The minimum Gasteiger partial charge on any atom is -0.467 e. The van der Waals surface area contributed by atoms with Crippen LogP contribution in [0.3, 0.4) is 0 Å². The molecule has 8 heteroatoms. The van der Waals surface area contributed by atoms with Crippen LogP contribution in [0.15, 0.2) is 29.1 Å². The summed E-state index contributed by atoms with van der Waals surface area (Å²) in [6, 6.07) is 5.88. The Morgan fingerprint density at radius 3 is 2.75 bits per heavy atom. The van der Waals surface area contributed by atoms with Crippen molar-refractivity contribution in [2.24, 2.45) is 7.05 Å². The van der Waals surface area contributed by atoms with Gasteiger partial charge >= 0.3 is 5.97 Å². The van der Waals surface area contributed by atoms with E-state index in [1.54, 1.807) is 31.3 Å². The number of hydrogen-bond donors (Lipinski definition) is 2. The number of nitrogens with zero attached hydrogens (tertiary/aromatic N) is 2. The minimum atomic E-state index is -1.10. The molecule has 0 aliphatic heterocycles. The van der Waals surface area contributed by atoms with Crippen molar-refractivity contribution in [3.63, 3.8) is 0 Å². The van der Waals surface area contributed by atoms with Crippen LogP contribution in [0, 0.1) is 0 Å². The van der Waals surface area contributed by atoms with Crippen molar-refractivity contribution >= 4 is 22.8 Å². The number of ether oxygens (including phenoxy) is 1. The van der Waals surface area contributed by atoms with E-state index >= 15 is 0 Å². The average Bonchev–Trinajstić information content (AvgIpc) is 2.60. The Bertz CT molecular complexity index is 815. The van der Waals surface area contributed by atoms with E-state index in [-0.39, 0.29) is 18.4 Å². The first-order valence-electron chi connectivity index (χ1n) is 7.40. The summed E-state index contributed by atoms with van der Waals surface area (Å²) in [4.78, 5) is 39.9. The lowest BCUT2D eigenvalue weighted by atomic mass is 10.2. The quantitative estimate of drug-likeness (QED) is 0.691. The van der Waals surface area contributed by atoms with Gasteiger partial charge in [-0.25, -0.2) is 9.78 Å². The molecule has 0 radical (unpaired) electrons. The number of para-hydroxylation sites is 1. The summed E-state index contributed by atoms with van der Waals surface area (Å²) in [6.45, 7) is -0.550. The second-order valence-electron chi connectivity index (χ2n) is 5.24. The van der Waals surface area contributed by atoms with Crippen LogP contribution in [0.25, 0.3) is 10.9 Å². The second kappa shape index (κ2) is 7.69. The zero-order valence-corrected chi connectivity index (χ0v) is 13.5. The summed E-state index contributed by atoms with van der Waals surface area (Å²) < 4.78 is 5.88. The van der Waals surface area contributed by atoms with Gasteiger partial charge in [0.15, 0.2) is 6.04 Å². The van der Waals surface area contributed by atoms with Crippen LogP contribution in [0.2, 0.25) is 0 Å². The van der Waals surface area contributed by atoms with Gasteiger partial charge in [-0.15, -0.1) is 0 Å². The van der Waals surface area contributed by atoms with E-state index < -0.39 is 24.5 Å². The second-order valence-corrected chi connectivity index (χ2v) is 5.24. The van der Waals surface area contributed by atoms with E-state index in [2.05, 4.69) is 15.0 Å². The number of rotatable bonds is 6. The Balaban J connectivity index is 2.10. The third-order valence-electron chi connectivity index (χ3n) is 3.65. The van der Waals surface area contributed by atoms with Crippen molar-refractivity contribution in [1.29, 1.82) is 0 Å². The highest BCUT2D eigenvalue weighted by Gasteiger charge is 2.20. The number of aliphatic hydroxyl groups is 1. The maximum atomic E-state index is 12.3. The summed E-state index contributed by atoms with van der Waals surface area (Å²) in [5.41, 5.74) is 0.387. The Kier molecular flexibility index (Phi) is 5.64. The zero-order chi connectivity index (χ0) is 17.7. The molecule has 0 saturated carbocycles. The lowest BCUT2D eigenvalue weighted by Crippen LogP contribution is -2.44. The molecule has 2 rings (SSSR count). The summed E-state index contributed by atoms with van der Waals surface area (Å²) in [5.74, 6) is -0.698. The average molecular weight is 333 g/mol. The molecule has 1 atom stereocenters. The molecule has 2 aromatic rings. The molecular weight excluding hydrogens is 314 g/mol. The van der Waals surface area contributed by atoms with Gasteiger partial charge in [-0.1, -0.05) is 12.1 Å². The number of carbonyl (C=O) groups excluding carboxylic acids is 2. The number of aryl methyl sites for hydroxylation is 1. The molecule has 0 aliphatic rings. The monoisotopic (exact) mass is 333 g/mol. The van der Waals surface area contributed by atoms with Gasteiger partial charge in [0, 0.05) is 19.9 Å². The van der Waals surface area contributed by atoms with Crippen LogP contribution in [0.1, 0.15) is 12.2 Å². The lowest BCUT2D eigenvalue weighted by molar-refractivity contribution is -0.146. The molecule has 2 N–H and O–H groups in total. The Labute approximate surface area is 138 Å². The number of hydrogen-bond acceptors (Lipinski definition) is 6. The summed E-state index contributed by atoms with van der Waals surface area (Å²) in [7, 11) is 2.77. The number of fused-ring (bicyclic) bond motifs is 1. The predicted octanol–water partition coefficient (Wildman–Crippen LogP) is -0.484. The lowest BCUT2D eigenvalue weighted by Gasteiger charge is -2.14. The Morgan fingerprint density at radius 1 is 1.38 bits per heavy atom. The molecule has 0 fully saturated rings. The maximum Gasteiger partial charge on any atom is 0.330 e. The van der Waals surface area contributed by atoms with E-state index in [4.69, 9.17) is 5.11 Å². The van der Waals surface area contributed by atoms with Crippen molar-refractivity contribution in [3.05, 3.63) is 40.4 Å². The van der Waals surface area contributed by atoms with Gasteiger partial charge in [0.25, 0.3) is 5.56 Å². The van der Waals surface area contributed by atoms with Gasteiger partial charge in [-0.2, -0.15) is 0 Å². The van der Waals surface area contributed by atoms with Crippen LogP contribution in [-0.2, 0) is 27.8 Å². The molecular formula is C16H19N3O5. The molecule has 0 unspecified atom stereocenters. The molecule has 1 amide bonds. The first kappa shape index (κ1) is 17.6. The summed E-state index contributed by atoms with van der Waals surface area (Å²) in [5, 5.41) is 12.0. The van der Waals surface area contributed by atoms with Gasteiger partial charge in [0.2, 0.25) is 5.91 Å². The molecule has 0 aliphatic carbocycles. The van der Waals surface area contributed by atoms with E-state index in [9.17, 15) is 14.4 Å². The molecule has 0 spiro atoms. The molecule has 128 valence electrons. The van der Waals surface area contributed by atoms with Crippen molar-refractivity contribution < 1.29 is 19.4 Å². The van der Waals surface area contributed by atoms with Crippen LogP contribution in [0.4, 0.5) is 0 Å². The van der Waals surface area contributed by atoms with Crippen molar-refractivity contribution in [1.82, 2.24) is 14.9 Å². The largest absolute Gasteiger partial charge is 0.467 e. The summed E-state index contributed by atoms with van der Waals surface area (Å²) >= 11 is 0. The fourth-order valence-corrected chi connectivity index (χ4v) is 2.30. The highest BCUT2D eigenvalue weighted by molar-refractivity contribution is 5.84. The number of esters is 1. The zero-order valence-electron chi connectivity index (χ0n) is 13.5. The van der Waals surface area contributed by atoms with E-state index in [0.29, 0.717) is 16.7 Å². The van der Waals surface area contributed by atoms with Gasteiger partial charge in [0.1, 0.15) is 5.82 Å². The number of benzene rings is 1. The van der Waals surface area contributed by atoms with Crippen LogP contribution in [0.5, 0.6) is 0 Å². The molecule has 1 aromatic carbocycles. The molecule has 8 nitrogen and oxygen atoms in total. The topological polar surface area (TPSA) is 111 Å². The normalized spacial score (nSPS) is 12.0. The Hall–Kier alpha value is -2.74. The van der Waals surface area contributed by atoms with Gasteiger partial charge in [-0.05, 0) is 12.1 Å². The molecule has 0 saturated heterocycles. The van der Waals surface area contributed by atoms with Crippen molar-refractivity contribution in [3.8, 4) is 0 Å². The smallest absolute Gasteiger partial charge is 0.330 e. The first-order valence-corrected chi connectivity index (χ1v) is 7.40. The number of aliphatic hydroxyl groups excluding tert-OH is 1. The predicted molar refractivity (Wildman–Crippen MR) is 86.3 cm³/mol.